The molecule has 0 saturated carbocycles. The van der Waals surface area contributed by atoms with Crippen molar-refractivity contribution in [1.82, 2.24) is 0 Å². The van der Waals surface area contributed by atoms with E-state index in [0.717, 1.165) is 36.1 Å². The number of carbonyl (C=O) groups is 1. The molecular formula is C26H31F3O4S. The molecule has 2 aromatic rings. The van der Waals surface area contributed by atoms with Crippen molar-refractivity contribution in [3.63, 3.8) is 0 Å². The number of esters is 1. The average Bonchev–Trinajstić information content (AvgIpc) is 2.75. The maximum Gasteiger partial charge on any atom is 0.416 e. The SMILES string of the molecule is CCOC(=O)c1ccc(CCS(=O)(=O)c2ccc3c(c2)C(C)(C)CCC3(C)C)c(C(F)(F)F)c1. The van der Waals surface area contributed by atoms with Crippen LogP contribution in [0, 0.1) is 0 Å². The van der Waals surface area contributed by atoms with Gasteiger partial charge in [0.2, 0.25) is 0 Å². The van der Waals surface area contributed by atoms with E-state index in [1.165, 1.54) is 6.07 Å². The Kier molecular flexibility index (Phi) is 6.97. The Bertz CT molecular complexity index is 1200. The summed E-state index contributed by atoms with van der Waals surface area (Å²) in [5, 5.41) is 0. The maximum absolute atomic E-state index is 13.7. The van der Waals surface area contributed by atoms with Gasteiger partial charge >= 0.3 is 12.1 Å². The molecule has 0 N–H and O–H groups in total. The topological polar surface area (TPSA) is 60.4 Å². The van der Waals surface area contributed by atoms with E-state index in [1.54, 1.807) is 19.1 Å². The Labute approximate surface area is 199 Å². The Morgan fingerprint density at radius 3 is 2.18 bits per heavy atom. The maximum atomic E-state index is 13.7. The first-order chi connectivity index (χ1) is 15.6. The van der Waals surface area contributed by atoms with E-state index in [-0.39, 0.29) is 39.9 Å². The zero-order valence-electron chi connectivity index (χ0n) is 20.2. The van der Waals surface area contributed by atoms with Crippen LogP contribution in [0.15, 0.2) is 41.3 Å². The number of hydrogen-bond acceptors (Lipinski definition) is 4. The van der Waals surface area contributed by atoms with Crippen molar-refractivity contribution in [2.45, 2.75) is 75.8 Å². The van der Waals surface area contributed by atoms with E-state index in [2.05, 4.69) is 27.7 Å². The van der Waals surface area contributed by atoms with Gasteiger partial charge in [0, 0.05) is 0 Å². The molecular weight excluding hydrogens is 465 g/mol. The van der Waals surface area contributed by atoms with Gasteiger partial charge in [-0.15, -0.1) is 0 Å². The normalized spacial score (nSPS) is 17.2. The predicted molar refractivity (Wildman–Crippen MR) is 125 cm³/mol. The van der Waals surface area contributed by atoms with Crippen LogP contribution in [-0.4, -0.2) is 26.7 Å². The number of aryl methyl sites for hydroxylation is 1. The molecule has 0 fully saturated rings. The molecule has 0 heterocycles. The van der Waals surface area contributed by atoms with E-state index in [9.17, 15) is 26.4 Å². The summed E-state index contributed by atoms with van der Waals surface area (Å²) in [6.45, 7) is 10.0. The number of fused-ring (bicyclic) bond motifs is 1. The van der Waals surface area contributed by atoms with Crippen molar-refractivity contribution < 1.29 is 31.1 Å². The summed E-state index contributed by atoms with van der Waals surface area (Å²) in [6, 6.07) is 8.22. The molecule has 2 aromatic carbocycles. The molecule has 0 amide bonds. The number of carbonyl (C=O) groups excluding carboxylic acids is 1. The lowest BCUT2D eigenvalue weighted by Crippen LogP contribution is -2.34. The van der Waals surface area contributed by atoms with Crippen LogP contribution >= 0.6 is 0 Å². The van der Waals surface area contributed by atoms with Crippen LogP contribution in [0.3, 0.4) is 0 Å². The van der Waals surface area contributed by atoms with Crippen molar-refractivity contribution in [1.29, 1.82) is 0 Å². The number of alkyl halides is 3. The van der Waals surface area contributed by atoms with Gasteiger partial charge in [-0.3, -0.25) is 0 Å². The molecule has 0 atom stereocenters. The minimum absolute atomic E-state index is 0.0367. The largest absolute Gasteiger partial charge is 0.462 e. The van der Waals surface area contributed by atoms with Crippen molar-refractivity contribution in [3.8, 4) is 0 Å². The second-order valence-corrected chi connectivity index (χ2v) is 12.2. The van der Waals surface area contributed by atoms with Gasteiger partial charge in [-0.2, -0.15) is 13.2 Å². The zero-order valence-corrected chi connectivity index (χ0v) is 21.0. The lowest BCUT2D eigenvalue weighted by molar-refractivity contribution is -0.138. The Morgan fingerprint density at radius 1 is 0.971 bits per heavy atom. The Morgan fingerprint density at radius 2 is 1.59 bits per heavy atom. The van der Waals surface area contributed by atoms with E-state index in [0.29, 0.717) is 0 Å². The zero-order chi connectivity index (χ0) is 25.5. The molecule has 0 saturated heterocycles. The van der Waals surface area contributed by atoms with Crippen LogP contribution in [0.2, 0.25) is 0 Å². The van der Waals surface area contributed by atoms with Crippen LogP contribution in [0.25, 0.3) is 0 Å². The molecule has 4 nitrogen and oxygen atoms in total. The van der Waals surface area contributed by atoms with E-state index in [1.807, 2.05) is 6.07 Å². The van der Waals surface area contributed by atoms with Gasteiger partial charge in [-0.1, -0.05) is 39.8 Å². The molecule has 3 rings (SSSR count). The third kappa shape index (κ3) is 5.32. The number of hydrogen-bond donors (Lipinski definition) is 0. The summed E-state index contributed by atoms with van der Waals surface area (Å²) in [6.07, 6.45) is -3.16. The summed E-state index contributed by atoms with van der Waals surface area (Å²) in [5.74, 6) is -1.33. The lowest BCUT2D eigenvalue weighted by atomic mass is 9.63. The molecule has 34 heavy (non-hydrogen) atoms. The fourth-order valence-electron chi connectivity index (χ4n) is 4.52. The fourth-order valence-corrected chi connectivity index (χ4v) is 5.82. The molecule has 0 spiro atoms. The summed E-state index contributed by atoms with van der Waals surface area (Å²) in [4.78, 5) is 12.0. The molecule has 8 heteroatoms. The molecule has 1 aliphatic rings. The molecule has 0 aromatic heterocycles. The van der Waals surface area contributed by atoms with Crippen LogP contribution in [-0.2, 0) is 38.0 Å². The van der Waals surface area contributed by atoms with E-state index in [4.69, 9.17) is 4.74 Å². The molecule has 186 valence electrons. The minimum atomic E-state index is -4.73. The van der Waals surface area contributed by atoms with Crippen molar-refractivity contribution in [2.75, 3.05) is 12.4 Å². The number of rotatable bonds is 6. The van der Waals surface area contributed by atoms with Gasteiger partial charge in [0.05, 0.1) is 28.4 Å². The second-order valence-electron chi connectivity index (χ2n) is 10.1. The van der Waals surface area contributed by atoms with E-state index >= 15 is 0 Å². The van der Waals surface area contributed by atoms with E-state index < -0.39 is 33.3 Å². The number of sulfone groups is 1. The molecule has 0 radical (unpaired) electrons. The van der Waals surface area contributed by atoms with Crippen molar-refractivity contribution >= 4 is 15.8 Å². The van der Waals surface area contributed by atoms with Gasteiger partial charge in [-0.05, 0) is 78.0 Å². The quantitative estimate of drug-likeness (QED) is 0.444. The summed E-state index contributed by atoms with van der Waals surface area (Å²) in [5.41, 5.74) is 0.389. The predicted octanol–water partition coefficient (Wildman–Crippen LogP) is 6.25. The summed E-state index contributed by atoms with van der Waals surface area (Å²) in [7, 11) is -3.84. The average molecular weight is 497 g/mol. The van der Waals surface area contributed by atoms with Crippen LogP contribution in [0.1, 0.15) is 80.1 Å². The highest BCUT2D eigenvalue weighted by molar-refractivity contribution is 7.91. The van der Waals surface area contributed by atoms with Crippen molar-refractivity contribution in [3.05, 3.63) is 64.2 Å². The van der Waals surface area contributed by atoms with Gasteiger partial charge in [0.1, 0.15) is 0 Å². The summed E-state index contributed by atoms with van der Waals surface area (Å²) >= 11 is 0. The standard InChI is InChI=1S/C26H31F3O4S/c1-6-33-23(30)18-8-7-17(21(15-18)26(27,28)29)11-14-34(31,32)19-9-10-20-22(16-19)25(4,5)13-12-24(20,2)3/h7-10,15-16H,6,11-14H2,1-5H3. The Hall–Kier alpha value is -2.35. The molecule has 0 unspecified atom stereocenters. The highest BCUT2D eigenvalue weighted by atomic mass is 32.2. The molecule has 1 aliphatic carbocycles. The lowest BCUT2D eigenvalue weighted by Gasteiger charge is -2.42. The first-order valence-electron chi connectivity index (χ1n) is 11.3. The monoisotopic (exact) mass is 496 g/mol. The number of benzene rings is 2. The highest BCUT2D eigenvalue weighted by Crippen LogP contribution is 2.46. The summed E-state index contributed by atoms with van der Waals surface area (Å²) < 4.78 is 72.0. The molecule has 0 aliphatic heterocycles. The van der Waals surface area contributed by atoms with Crippen LogP contribution in [0.4, 0.5) is 13.2 Å². The highest BCUT2D eigenvalue weighted by Gasteiger charge is 2.38. The number of ether oxygens (including phenoxy) is 1. The third-order valence-electron chi connectivity index (χ3n) is 6.75. The second kappa shape index (κ2) is 9.02. The van der Waals surface area contributed by atoms with Crippen molar-refractivity contribution in [2.24, 2.45) is 0 Å². The molecule has 0 bridgehead atoms. The van der Waals surface area contributed by atoms with Crippen LogP contribution in [0.5, 0.6) is 0 Å². The first kappa shape index (κ1) is 26.3. The van der Waals surface area contributed by atoms with Gasteiger partial charge < -0.3 is 4.74 Å². The smallest absolute Gasteiger partial charge is 0.416 e. The Balaban J connectivity index is 1.92. The third-order valence-corrected chi connectivity index (χ3v) is 8.46. The van der Waals surface area contributed by atoms with Crippen LogP contribution < -0.4 is 0 Å². The minimum Gasteiger partial charge on any atom is -0.462 e. The fraction of sp³-hybridized carbons (Fsp3) is 0.500. The van der Waals surface area contributed by atoms with Gasteiger partial charge in [0.15, 0.2) is 9.84 Å². The van der Waals surface area contributed by atoms with Gasteiger partial charge in [0.25, 0.3) is 0 Å². The number of halogens is 3. The van der Waals surface area contributed by atoms with Gasteiger partial charge in [-0.25, -0.2) is 13.2 Å². The first-order valence-corrected chi connectivity index (χ1v) is 13.0.